The quantitative estimate of drug-likeness (QED) is 0.876. The molecule has 2 unspecified atom stereocenters. The molecular weight excluding hydrogens is 274 g/mol. The van der Waals surface area contributed by atoms with Crippen LogP contribution in [0.4, 0.5) is 0 Å². The summed E-state index contributed by atoms with van der Waals surface area (Å²) in [6.07, 6.45) is 3.68. The van der Waals surface area contributed by atoms with E-state index in [1.165, 1.54) is 0 Å². The SMILES string of the molecule is CCCNC1CCCC1S(=O)(=O)c1ccc(OC)cc1. The van der Waals surface area contributed by atoms with Crippen molar-refractivity contribution in [2.24, 2.45) is 0 Å². The monoisotopic (exact) mass is 297 g/mol. The van der Waals surface area contributed by atoms with E-state index in [1.807, 2.05) is 0 Å². The largest absolute Gasteiger partial charge is 0.497 e. The third kappa shape index (κ3) is 3.15. The minimum atomic E-state index is -3.26. The zero-order valence-corrected chi connectivity index (χ0v) is 12.9. The number of methoxy groups -OCH3 is 1. The number of ether oxygens (including phenoxy) is 1. The Morgan fingerprint density at radius 1 is 1.25 bits per heavy atom. The van der Waals surface area contributed by atoms with Gasteiger partial charge in [-0.15, -0.1) is 0 Å². The number of sulfone groups is 1. The second-order valence-electron chi connectivity index (χ2n) is 5.25. The molecule has 0 saturated heterocycles. The van der Waals surface area contributed by atoms with Crippen molar-refractivity contribution in [2.45, 2.75) is 48.8 Å². The Morgan fingerprint density at radius 2 is 1.95 bits per heavy atom. The standard InChI is InChI=1S/C15H23NO3S/c1-3-11-16-14-5-4-6-15(14)20(17,18)13-9-7-12(19-2)8-10-13/h7-10,14-16H,3-6,11H2,1-2H3. The van der Waals surface area contributed by atoms with Gasteiger partial charge in [0, 0.05) is 6.04 Å². The van der Waals surface area contributed by atoms with Crippen LogP contribution in [0.1, 0.15) is 32.6 Å². The van der Waals surface area contributed by atoms with E-state index in [0.29, 0.717) is 10.6 Å². The Labute approximate surface area is 121 Å². The normalized spacial score (nSPS) is 22.9. The molecule has 1 saturated carbocycles. The van der Waals surface area contributed by atoms with Crippen LogP contribution in [0.25, 0.3) is 0 Å². The summed E-state index contributed by atoms with van der Waals surface area (Å²) in [7, 11) is -1.69. The summed E-state index contributed by atoms with van der Waals surface area (Å²) < 4.78 is 30.5. The highest BCUT2D eigenvalue weighted by molar-refractivity contribution is 7.92. The number of nitrogens with one attached hydrogen (secondary N) is 1. The van der Waals surface area contributed by atoms with Gasteiger partial charge in [-0.25, -0.2) is 8.42 Å². The van der Waals surface area contributed by atoms with Gasteiger partial charge in [-0.05, 0) is 50.1 Å². The molecule has 1 aromatic carbocycles. The molecule has 0 aromatic heterocycles. The molecule has 0 amide bonds. The Hall–Kier alpha value is -1.07. The molecule has 1 fully saturated rings. The fourth-order valence-electron chi connectivity index (χ4n) is 2.80. The van der Waals surface area contributed by atoms with Crippen molar-refractivity contribution in [1.29, 1.82) is 0 Å². The molecule has 20 heavy (non-hydrogen) atoms. The lowest BCUT2D eigenvalue weighted by Gasteiger charge is -2.21. The molecule has 5 heteroatoms. The maximum Gasteiger partial charge on any atom is 0.182 e. The van der Waals surface area contributed by atoms with Gasteiger partial charge < -0.3 is 10.1 Å². The van der Waals surface area contributed by atoms with Crippen LogP contribution in [-0.4, -0.2) is 33.4 Å². The zero-order chi connectivity index (χ0) is 14.6. The molecule has 112 valence electrons. The zero-order valence-electron chi connectivity index (χ0n) is 12.1. The maximum atomic E-state index is 12.7. The van der Waals surface area contributed by atoms with E-state index in [2.05, 4.69) is 12.2 Å². The van der Waals surface area contributed by atoms with E-state index in [0.717, 1.165) is 32.2 Å². The van der Waals surface area contributed by atoms with Crippen molar-refractivity contribution in [1.82, 2.24) is 5.32 Å². The lowest BCUT2D eigenvalue weighted by Crippen LogP contribution is -2.40. The Morgan fingerprint density at radius 3 is 2.55 bits per heavy atom. The number of hydrogen-bond acceptors (Lipinski definition) is 4. The van der Waals surface area contributed by atoms with Crippen molar-refractivity contribution in [2.75, 3.05) is 13.7 Å². The van der Waals surface area contributed by atoms with E-state index >= 15 is 0 Å². The van der Waals surface area contributed by atoms with Gasteiger partial charge in [-0.3, -0.25) is 0 Å². The summed E-state index contributed by atoms with van der Waals surface area (Å²) >= 11 is 0. The van der Waals surface area contributed by atoms with Gasteiger partial charge in [-0.1, -0.05) is 13.3 Å². The third-order valence-corrected chi connectivity index (χ3v) is 6.19. The molecule has 0 bridgehead atoms. The van der Waals surface area contributed by atoms with Gasteiger partial charge >= 0.3 is 0 Å². The van der Waals surface area contributed by atoms with Crippen LogP contribution in [0.5, 0.6) is 5.75 Å². The lowest BCUT2D eigenvalue weighted by molar-refractivity contribution is 0.414. The Kier molecular flexibility index (Phi) is 5.05. The van der Waals surface area contributed by atoms with Gasteiger partial charge in [0.15, 0.2) is 9.84 Å². The number of benzene rings is 1. The van der Waals surface area contributed by atoms with Crippen LogP contribution in [0.2, 0.25) is 0 Å². The van der Waals surface area contributed by atoms with Crippen molar-refractivity contribution < 1.29 is 13.2 Å². The molecule has 2 atom stereocenters. The summed E-state index contributed by atoms with van der Waals surface area (Å²) in [4.78, 5) is 0.397. The Bertz CT molecular complexity index is 525. The molecule has 1 aliphatic rings. The maximum absolute atomic E-state index is 12.7. The number of rotatable bonds is 6. The van der Waals surface area contributed by atoms with Gasteiger partial charge in [0.25, 0.3) is 0 Å². The second kappa shape index (κ2) is 6.59. The minimum absolute atomic E-state index is 0.0852. The summed E-state index contributed by atoms with van der Waals surface area (Å²) in [5, 5.41) is 3.07. The average Bonchev–Trinajstić information content (AvgIpc) is 2.94. The summed E-state index contributed by atoms with van der Waals surface area (Å²) in [5.41, 5.74) is 0. The molecular formula is C15H23NO3S. The van der Waals surface area contributed by atoms with Crippen LogP contribution < -0.4 is 10.1 Å². The lowest BCUT2D eigenvalue weighted by atomic mass is 10.2. The first-order valence-corrected chi connectivity index (χ1v) is 8.75. The molecule has 0 aliphatic heterocycles. The molecule has 2 rings (SSSR count). The van der Waals surface area contributed by atoms with Crippen molar-refractivity contribution in [3.63, 3.8) is 0 Å². The van der Waals surface area contributed by atoms with E-state index in [9.17, 15) is 8.42 Å². The van der Waals surface area contributed by atoms with Crippen molar-refractivity contribution >= 4 is 9.84 Å². The van der Waals surface area contributed by atoms with Crippen LogP contribution in [0.3, 0.4) is 0 Å². The topological polar surface area (TPSA) is 55.4 Å². The molecule has 1 aliphatic carbocycles. The fourth-order valence-corrected chi connectivity index (χ4v) is 4.81. The van der Waals surface area contributed by atoms with E-state index in [1.54, 1.807) is 31.4 Å². The molecule has 1 aromatic rings. The predicted octanol–water partition coefficient (Wildman–Crippen LogP) is 2.39. The molecule has 0 spiro atoms. The van der Waals surface area contributed by atoms with Crippen LogP contribution in [0.15, 0.2) is 29.2 Å². The smallest absolute Gasteiger partial charge is 0.182 e. The van der Waals surface area contributed by atoms with E-state index in [-0.39, 0.29) is 11.3 Å². The summed E-state index contributed by atoms with van der Waals surface area (Å²) in [6, 6.07) is 6.78. The Balaban J connectivity index is 2.19. The van der Waals surface area contributed by atoms with Gasteiger partial charge in [-0.2, -0.15) is 0 Å². The first-order valence-electron chi connectivity index (χ1n) is 7.21. The first kappa shape index (κ1) is 15.3. The number of hydrogen-bond donors (Lipinski definition) is 1. The van der Waals surface area contributed by atoms with Gasteiger partial charge in [0.1, 0.15) is 5.75 Å². The predicted molar refractivity (Wildman–Crippen MR) is 79.9 cm³/mol. The first-order chi connectivity index (χ1) is 9.59. The third-order valence-electron chi connectivity index (χ3n) is 3.90. The molecule has 4 nitrogen and oxygen atoms in total. The van der Waals surface area contributed by atoms with Crippen LogP contribution >= 0.6 is 0 Å². The summed E-state index contributed by atoms with van der Waals surface area (Å²) in [6.45, 7) is 2.97. The van der Waals surface area contributed by atoms with E-state index < -0.39 is 9.84 Å². The average molecular weight is 297 g/mol. The molecule has 0 heterocycles. The van der Waals surface area contributed by atoms with Crippen molar-refractivity contribution in [3.05, 3.63) is 24.3 Å². The summed E-state index contributed by atoms with van der Waals surface area (Å²) in [5.74, 6) is 0.677. The highest BCUT2D eigenvalue weighted by Gasteiger charge is 2.37. The molecule has 1 N–H and O–H groups in total. The second-order valence-corrected chi connectivity index (χ2v) is 7.42. The van der Waals surface area contributed by atoms with Crippen LogP contribution in [-0.2, 0) is 9.84 Å². The molecule has 0 radical (unpaired) electrons. The van der Waals surface area contributed by atoms with Crippen LogP contribution in [0, 0.1) is 0 Å². The van der Waals surface area contributed by atoms with Crippen molar-refractivity contribution in [3.8, 4) is 5.75 Å². The van der Waals surface area contributed by atoms with Gasteiger partial charge in [0.05, 0.1) is 17.3 Å². The minimum Gasteiger partial charge on any atom is -0.497 e. The van der Waals surface area contributed by atoms with E-state index in [4.69, 9.17) is 4.74 Å². The highest BCUT2D eigenvalue weighted by Crippen LogP contribution is 2.30. The highest BCUT2D eigenvalue weighted by atomic mass is 32.2. The van der Waals surface area contributed by atoms with Gasteiger partial charge in [0.2, 0.25) is 0 Å². The fraction of sp³-hybridized carbons (Fsp3) is 0.600.